The molecule has 0 aromatic rings. The van der Waals surface area contributed by atoms with E-state index in [1.165, 1.54) is 83.6 Å². The van der Waals surface area contributed by atoms with Gasteiger partial charge in [-0.25, -0.2) is 0 Å². The Balaban J connectivity index is 0. The maximum atomic E-state index is 9.19. The van der Waals surface area contributed by atoms with Gasteiger partial charge in [-0.2, -0.15) is 8.42 Å². The van der Waals surface area contributed by atoms with Gasteiger partial charge in [-0.1, -0.05) is 77.6 Å². The monoisotopic (exact) mass is 337 g/mol. The second kappa shape index (κ2) is 17.2. The van der Waals surface area contributed by atoms with Gasteiger partial charge in [0, 0.05) is 0 Å². The maximum absolute atomic E-state index is 9.19. The lowest BCUT2D eigenvalue weighted by molar-refractivity contribution is 0.389. The zero-order valence-electron chi connectivity index (χ0n) is 15.3. The van der Waals surface area contributed by atoms with E-state index in [-0.39, 0.29) is 0 Å². The van der Waals surface area contributed by atoms with Crippen LogP contribution in [0.15, 0.2) is 0 Å². The predicted octanol–water partition coefficient (Wildman–Crippen LogP) is 4.75. The molecule has 0 atom stereocenters. The second-order valence-corrected chi connectivity index (χ2v) is 7.89. The summed E-state index contributed by atoms with van der Waals surface area (Å²) in [5, 5.41) is 0. The fourth-order valence-electron chi connectivity index (χ4n) is 2.27. The van der Waals surface area contributed by atoms with Crippen molar-refractivity contribution < 1.29 is 13.0 Å². The first kappa shape index (κ1) is 24.1. The van der Waals surface area contributed by atoms with Crippen LogP contribution >= 0.6 is 0 Å². The Hall–Kier alpha value is -0.130. The zero-order chi connectivity index (χ0) is 17.3. The molecule has 5 heteroatoms. The third kappa shape index (κ3) is 36.8. The summed E-state index contributed by atoms with van der Waals surface area (Å²) in [5.74, 6) is 0. The zero-order valence-corrected chi connectivity index (χ0v) is 16.1. The van der Waals surface area contributed by atoms with E-state index >= 15 is 0 Å². The van der Waals surface area contributed by atoms with Crippen LogP contribution in [0.1, 0.15) is 84.0 Å². The van der Waals surface area contributed by atoms with Crippen molar-refractivity contribution >= 4 is 10.1 Å². The molecule has 22 heavy (non-hydrogen) atoms. The lowest BCUT2D eigenvalue weighted by Crippen LogP contribution is -2.12. The van der Waals surface area contributed by atoms with Crippen LogP contribution in [0.5, 0.6) is 0 Å². The summed E-state index contributed by atoms with van der Waals surface area (Å²) in [7, 11) is 0.664. The molecular formula is C17H39NO3S. The minimum atomic E-state index is -3.67. The fourth-order valence-corrected chi connectivity index (χ4v) is 2.27. The molecule has 0 amide bonds. The van der Waals surface area contributed by atoms with Crippen LogP contribution in [0.2, 0.25) is 0 Å². The highest BCUT2D eigenvalue weighted by Gasteiger charge is 1.94. The molecule has 0 saturated heterocycles. The van der Waals surface area contributed by atoms with E-state index < -0.39 is 10.1 Å². The van der Waals surface area contributed by atoms with Gasteiger partial charge >= 0.3 is 0 Å². The molecule has 0 aromatic heterocycles. The van der Waals surface area contributed by atoms with Crippen molar-refractivity contribution in [2.45, 2.75) is 84.0 Å². The first-order chi connectivity index (χ1) is 10.3. The van der Waals surface area contributed by atoms with Gasteiger partial charge in [0.2, 0.25) is 0 Å². The Kier molecular flexibility index (Phi) is 18.9. The van der Waals surface area contributed by atoms with Crippen LogP contribution in [0.4, 0.5) is 0 Å². The quantitative estimate of drug-likeness (QED) is 0.389. The molecule has 0 bridgehead atoms. The highest BCUT2D eigenvalue weighted by atomic mass is 32.2. The molecule has 0 heterocycles. The Bertz CT molecular complexity index is 295. The van der Waals surface area contributed by atoms with Gasteiger partial charge in [0.25, 0.3) is 10.1 Å². The predicted molar refractivity (Wildman–Crippen MR) is 97.1 cm³/mol. The molecule has 4 nitrogen and oxygen atoms in total. The summed E-state index contributed by atoms with van der Waals surface area (Å²) in [6.45, 7) is 3.55. The summed E-state index contributed by atoms with van der Waals surface area (Å²) in [6, 6.07) is 0. The summed E-state index contributed by atoms with van der Waals surface area (Å²) < 4.78 is 25.9. The van der Waals surface area contributed by atoms with Crippen LogP contribution in [-0.4, -0.2) is 44.8 Å². The normalized spacial score (nSPS) is 11.4. The van der Waals surface area contributed by atoms with E-state index in [1.807, 2.05) is 0 Å². The Morgan fingerprint density at radius 2 is 1.00 bits per heavy atom. The van der Waals surface area contributed by atoms with E-state index in [2.05, 4.69) is 25.9 Å². The van der Waals surface area contributed by atoms with Gasteiger partial charge in [-0.05, 0) is 27.1 Å². The maximum Gasteiger partial charge on any atom is 0.261 e. The van der Waals surface area contributed by atoms with Crippen molar-refractivity contribution in [3.63, 3.8) is 0 Å². The summed E-state index contributed by atoms with van der Waals surface area (Å²) in [5.41, 5.74) is 0. The van der Waals surface area contributed by atoms with Crippen molar-refractivity contribution in [1.29, 1.82) is 0 Å². The van der Waals surface area contributed by atoms with E-state index in [0.29, 0.717) is 6.26 Å². The third-order valence-electron chi connectivity index (χ3n) is 3.46. The summed E-state index contributed by atoms with van der Waals surface area (Å²) in [6.07, 6.45) is 18.0. The molecule has 1 N–H and O–H groups in total. The minimum Gasteiger partial charge on any atom is -0.309 e. The molecular weight excluding hydrogens is 298 g/mol. The molecule has 0 spiro atoms. The standard InChI is InChI=1S/C16H35N.CH4O3S/c1-4-5-6-7-8-9-10-11-12-13-14-15-16-17(2)3;1-5(2,3)4/h4-16H2,1-3H3;1H3,(H,2,3,4). The summed E-state index contributed by atoms with van der Waals surface area (Å²) in [4.78, 5) is 2.29. The molecule has 136 valence electrons. The molecule has 0 saturated carbocycles. The first-order valence-corrected chi connectivity index (χ1v) is 10.7. The van der Waals surface area contributed by atoms with Crippen molar-refractivity contribution in [3.05, 3.63) is 0 Å². The van der Waals surface area contributed by atoms with Gasteiger partial charge in [0.1, 0.15) is 0 Å². The number of nitrogens with zero attached hydrogens (tertiary/aromatic N) is 1. The van der Waals surface area contributed by atoms with Gasteiger partial charge in [0.15, 0.2) is 0 Å². The third-order valence-corrected chi connectivity index (χ3v) is 3.46. The van der Waals surface area contributed by atoms with Gasteiger partial charge in [-0.15, -0.1) is 0 Å². The second-order valence-electron chi connectivity index (χ2n) is 6.43. The van der Waals surface area contributed by atoms with Crippen LogP contribution < -0.4 is 0 Å². The van der Waals surface area contributed by atoms with Crippen LogP contribution in [0.25, 0.3) is 0 Å². The molecule has 0 aliphatic carbocycles. The minimum absolute atomic E-state index is 0.715. The lowest BCUT2D eigenvalue weighted by Gasteiger charge is -2.08. The highest BCUT2D eigenvalue weighted by molar-refractivity contribution is 7.85. The van der Waals surface area contributed by atoms with Crippen LogP contribution in [0, 0.1) is 0 Å². The molecule has 0 fully saturated rings. The molecule has 0 aliphatic heterocycles. The largest absolute Gasteiger partial charge is 0.309 e. The molecule has 0 radical (unpaired) electrons. The van der Waals surface area contributed by atoms with E-state index in [9.17, 15) is 8.42 Å². The smallest absolute Gasteiger partial charge is 0.261 e. The molecule has 0 aromatic carbocycles. The van der Waals surface area contributed by atoms with Gasteiger partial charge in [0.05, 0.1) is 6.26 Å². The van der Waals surface area contributed by atoms with Crippen molar-refractivity contribution in [2.24, 2.45) is 0 Å². The van der Waals surface area contributed by atoms with Crippen LogP contribution in [0.3, 0.4) is 0 Å². The topological polar surface area (TPSA) is 57.6 Å². The molecule has 0 unspecified atom stereocenters. The van der Waals surface area contributed by atoms with E-state index in [4.69, 9.17) is 4.55 Å². The van der Waals surface area contributed by atoms with E-state index in [0.717, 1.165) is 0 Å². The lowest BCUT2D eigenvalue weighted by atomic mass is 10.1. The fraction of sp³-hybridized carbons (Fsp3) is 1.00. The van der Waals surface area contributed by atoms with Crippen molar-refractivity contribution in [2.75, 3.05) is 26.9 Å². The van der Waals surface area contributed by atoms with E-state index in [1.54, 1.807) is 0 Å². The first-order valence-electron chi connectivity index (χ1n) is 8.84. The Morgan fingerprint density at radius 3 is 1.27 bits per heavy atom. The molecule has 0 aliphatic rings. The number of rotatable bonds is 13. The number of unbranched alkanes of at least 4 members (excludes halogenated alkanes) is 11. The van der Waals surface area contributed by atoms with Gasteiger partial charge < -0.3 is 4.90 Å². The van der Waals surface area contributed by atoms with Crippen LogP contribution in [-0.2, 0) is 10.1 Å². The SMILES string of the molecule is CCCCCCCCCCCCCCN(C)C.CS(=O)(=O)O. The summed E-state index contributed by atoms with van der Waals surface area (Å²) >= 11 is 0. The number of hydrogen-bond acceptors (Lipinski definition) is 3. The van der Waals surface area contributed by atoms with Crippen molar-refractivity contribution in [3.8, 4) is 0 Å². The Morgan fingerprint density at radius 1 is 0.727 bits per heavy atom. The molecule has 0 rings (SSSR count). The average Bonchev–Trinajstić information content (AvgIpc) is 2.38. The highest BCUT2D eigenvalue weighted by Crippen LogP contribution is 2.11. The van der Waals surface area contributed by atoms with Gasteiger partial charge in [-0.3, -0.25) is 4.55 Å². The Labute approximate surface area is 139 Å². The average molecular weight is 338 g/mol. The number of hydrogen-bond donors (Lipinski definition) is 1. The van der Waals surface area contributed by atoms with Crippen molar-refractivity contribution in [1.82, 2.24) is 4.90 Å².